The molecule has 194 valence electrons. The van der Waals surface area contributed by atoms with Gasteiger partial charge in [-0.2, -0.15) is 0 Å². The molecule has 0 N–H and O–H groups in total. The summed E-state index contributed by atoms with van der Waals surface area (Å²) in [4.78, 5) is 32.6. The molecule has 10 heteroatoms. The third-order valence-corrected chi connectivity index (χ3v) is 7.25. The molecule has 2 aromatic heterocycles. The Balaban J connectivity index is 1.62. The van der Waals surface area contributed by atoms with Gasteiger partial charge in [-0.15, -0.1) is 0 Å². The predicted molar refractivity (Wildman–Crippen MR) is 147 cm³/mol. The van der Waals surface area contributed by atoms with E-state index in [2.05, 4.69) is 16.5 Å². The van der Waals surface area contributed by atoms with E-state index in [9.17, 15) is 9.59 Å². The monoisotopic (exact) mass is 541 g/mol. The van der Waals surface area contributed by atoms with Crippen molar-refractivity contribution in [2.75, 3.05) is 31.5 Å². The van der Waals surface area contributed by atoms with Crippen molar-refractivity contribution >= 4 is 52.0 Å². The lowest BCUT2D eigenvalue weighted by Gasteiger charge is -2.19. The maximum Gasteiger partial charge on any atom is 0.283 e. The fourth-order valence-electron chi connectivity index (χ4n) is 4.38. The second-order valence-corrected chi connectivity index (χ2v) is 9.92. The molecular weight excluding hydrogens is 514 g/mol. The Hall–Kier alpha value is -3.27. The number of nitrogens with zero attached hydrogens (tertiary/aromatic N) is 3. The molecule has 0 fully saturated rings. The number of carbonyl (C=O) groups excluding carboxylic acids is 2. The van der Waals surface area contributed by atoms with Gasteiger partial charge in [-0.1, -0.05) is 23.4 Å². The molecule has 1 unspecified atom stereocenters. The van der Waals surface area contributed by atoms with Crippen molar-refractivity contribution in [2.45, 2.75) is 26.8 Å². The zero-order valence-electron chi connectivity index (χ0n) is 21.3. The van der Waals surface area contributed by atoms with Gasteiger partial charge in [-0.3, -0.25) is 14.5 Å². The van der Waals surface area contributed by atoms with Crippen LogP contribution >= 0.6 is 23.4 Å². The van der Waals surface area contributed by atoms with Gasteiger partial charge >= 0.3 is 0 Å². The highest BCUT2D eigenvalue weighted by Crippen LogP contribution is 2.35. The number of Topliss-reactive ketones (excluding diaryl/α,β-unsaturated/α-hetero) is 1. The van der Waals surface area contributed by atoms with E-state index in [4.69, 9.17) is 25.5 Å². The smallest absolute Gasteiger partial charge is 0.283 e. The average Bonchev–Trinajstić information content (AvgIpc) is 3.56. The van der Waals surface area contributed by atoms with Gasteiger partial charge in [0.05, 0.1) is 42.5 Å². The van der Waals surface area contributed by atoms with Crippen molar-refractivity contribution in [1.29, 1.82) is 0 Å². The minimum atomic E-state index is -0.348. The molecule has 37 heavy (non-hydrogen) atoms. The largest absolute Gasteiger partial charge is 0.495 e. The summed E-state index contributed by atoms with van der Waals surface area (Å²) in [6.45, 7) is 6.51. The number of ether oxygens (including phenoxy) is 2. The third-order valence-electron chi connectivity index (χ3n) is 6.01. The summed E-state index contributed by atoms with van der Waals surface area (Å²) in [5, 5.41) is 0.730. The summed E-state index contributed by atoms with van der Waals surface area (Å²) in [7, 11) is 3.18. The number of anilines is 1. The number of hydrogen-bond donors (Lipinski definition) is 0. The van der Waals surface area contributed by atoms with Gasteiger partial charge in [0.25, 0.3) is 5.91 Å². The minimum Gasteiger partial charge on any atom is -0.495 e. The van der Waals surface area contributed by atoms with Gasteiger partial charge in [-0.25, -0.2) is 4.99 Å². The number of ketones is 1. The Morgan fingerprint density at radius 3 is 2.68 bits per heavy atom. The van der Waals surface area contributed by atoms with Crippen molar-refractivity contribution in [3.8, 4) is 5.75 Å². The number of thioether (sulfide) groups is 1. The quantitative estimate of drug-likeness (QED) is 0.246. The molecule has 8 nitrogen and oxygen atoms in total. The lowest BCUT2D eigenvalue weighted by molar-refractivity contribution is -0.113. The Kier molecular flexibility index (Phi) is 8.26. The molecular formula is C27H28ClN3O5S. The molecule has 0 radical (unpaired) electrons. The number of methoxy groups -OCH3 is 2. The van der Waals surface area contributed by atoms with Gasteiger partial charge in [0.1, 0.15) is 17.2 Å². The van der Waals surface area contributed by atoms with Crippen LogP contribution in [-0.2, 0) is 9.53 Å². The van der Waals surface area contributed by atoms with Crippen molar-refractivity contribution in [3.05, 3.63) is 76.1 Å². The number of aliphatic imine (C=N–C) groups is 1. The number of furan rings is 1. The number of halogens is 1. The predicted octanol–water partition coefficient (Wildman–Crippen LogP) is 5.93. The molecule has 1 aliphatic rings. The summed E-state index contributed by atoms with van der Waals surface area (Å²) in [5.41, 5.74) is 3.23. The normalized spacial score (nSPS) is 15.4. The summed E-state index contributed by atoms with van der Waals surface area (Å²) >= 11 is 7.53. The molecule has 0 spiro atoms. The number of amides is 1. The number of benzene rings is 1. The fourth-order valence-corrected chi connectivity index (χ4v) is 5.53. The lowest BCUT2D eigenvalue weighted by Crippen LogP contribution is -2.30. The van der Waals surface area contributed by atoms with Crippen LogP contribution < -0.4 is 9.64 Å². The van der Waals surface area contributed by atoms with Crippen molar-refractivity contribution in [2.24, 2.45) is 4.99 Å². The van der Waals surface area contributed by atoms with E-state index >= 15 is 0 Å². The number of rotatable bonds is 9. The average molecular weight is 542 g/mol. The standard InChI is InChI=1S/C27H28ClN3O5S/c1-16-11-21(18(3)30(16)17(2)14-34-4)24(32)15-37-27-29-23(13-20-7-6-10-36-20)26(33)31(27)19-8-9-25(35-5)22(28)12-19/h6-13,17H,14-15H2,1-5H3/b23-13-. The maximum atomic E-state index is 13.4. The zero-order chi connectivity index (χ0) is 26.7. The van der Waals surface area contributed by atoms with Gasteiger partial charge < -0.3 is 18.5 Å². The molecule has 3 heterocycles. The first-order valence-electron chi connectivity index (χ1n) is 11.6. The van der Waals surface area contributed by atoms with Gasteiger partial charge in [0, 0.05) is 30.1 Å². The SMILES string of the molecule is COCC(C)n1c(C)cc(C(=O)CSC2=N/C(=C\c3ccco3)C(=O)N2c2ccc(OC)c(Cl)c2)c1C. The molecule has 0 bridgehead atoms. The molecule has 0 saturated carbocycles. The summed E-state index contributed by atoms with van der Waals surface area (Å²) in [5.74, 6) is 0.686. The number of aryl methyl sites for hydroxylation is 1. The number of hydrogen-bond acceptors (Lipinski definition) is 7. The van der Waals surface area contributed by atoms with Crippen molar-refractivity contribution in [1.82, 2.24) is 4.57 Å². The Bertz CT molecular complexity index is 1380. The van der Waals surface area contributed by atoms with Crippen LogP contribution in [0.1, 0.15) is 40.5 Å². The highest BCUT2D eigenvalue weighted by molar-refractivity contribution is 8.14. The molecule has 3 aromatic rings. The number of amidine groups is 1. The highest BCUT2D eigenvalue weighted by atomic mass is 35.5. The van der Waals surface area contributed by atoms with Crippen LogP contribution in [0.4, 0.5) is 5.69 Å². The topological polar surface area (TPSA) is 86.3 Å². The summed E-state index contributed by atoms with van der Waals surface area (Å²) in [6.07, 6.45) is 3.09. The molecule has 0 aliphatic carbocycles. The van der Waals surface area contributed by atoms with E-state index in [0.29, 0.717) is 39.6 Å². The second kappa shape index (κ2) is 11.4. The molecule has 1 aromatic carbocycles. The van der Waals surface area contributed by atoms with Crippen molar-refractivity contribution in [3.63, 3.8) is 0 Å². The summed E-state index contributed by atoms with van der Waals surface area (Å²) < 4.78 is 18.0. The minimum absolute atomic E-state index is 0.0553. The van der Waals surface area contributed by atoms with Crippen LogP contribution in [0.25, 0.3) is 6.08 Å². The Morgan fingerprint density at radius 1 is 1.24 bits per heavy atom. The van der Waals surface area contributed by atoms with E-state index in [1.54, 1.807) is 43.5 Å². The molecule has 0 saturated heterocycles. The Morgan fingerprint density at radius 2 is 2.03 bits per heavy atom. The number of aromatic nitrogens is 1. The maximum absolute atomic E-state index is 13.4. The van der Waals surface area contributed by atoms with Gasteiger partial charge in [0.2, 0.25) is 0 Å². The van der Waals surface area contributed by atoms with Crippen LogP contribution in [0.2, 0.25) is 5.02 Å². The third kappa shape index (κ3) is 5.53. The van der Waals surface area contributed by atoms with E-state index in [1.165, 1.54) is 30.0 Å². The van der Waals surface area contributed by atoms with E-state index in [0.717, 1.165) is 11.4 Å². The first kappa shape index (κ1) is 26.8. The first-order chi connectivity index (χ1) is 17.7. The highest BCUT2D eigenvalue weighted by Gasteiger charge is 2.33. The van der Waals surface area contributed by atoms with E-state index in [-0.39, 0.29) is 29.2 Å². The first-order valence-corrected chi connectivity index (χ1v) is 13.0. The van der Waals surface area contributed by atoms with Gasteiger partial charge in [0.15, 0.2) is 11.0 Å². The van der Waals surface area contributed by atoms with Crippen LogP contribution in [-0.4, -0.2) is 48.0 Å². The van der Waals surface area contributed by atoms with Crippen LogP contribution in [0.5, 0.6) is 5.75 Å². The fraction of sp³-hybridized carbons (Fsp3) is 0.296. The van der Waals surface area contributed by atoms with E-state index in [1.807, 2.05) is 19.9 Å². The van der Waals surface area contributed by atoms with Crippen LogP contribution in [0.3, 0.4) is 0 Å². The van der Waals surface area contributed by atoms with Crippen molar-refractivity contribution < 1.29 is 23.5 Å². The van der Waals surface area contributed by atoms with Crippen LogP contribution in [0.15, 0.2) is 57.8 Å². The molecule has 4 rings (SSSR count). The molecule has 1 amide bonds. The summed E-state index contributed by atoms with van der Waals surface area (Å²) in [6, 6.07) is 10.5. The zero-order valence-corrected chi connectivity index (χ0v) is 22.9. The van der Waals surface area contributed by atoms with E-state index < -0.39 is 0 Å². The number of carbonyl (C=O) groups is 2. The van der Waals surface area contributed by atoms with Gasteiger partial charge in [-0.05, 0) is 57.2 Å². The Labute approximate surface area is 224 Å². The molecule has 1 atom stereocenters. The molecule has 1 aliphatic heterocycles. The second-order valence-electron chi connectivity index (χ2n) is 8.57. The van der Waals surface area contributed by atoms with Crippen LogP contribution in [0, 0.1) is 13.8 Å². The lowest BCUT2D eigenvalue weighted by atomic mass is 10.2.